The molecule has 0 aromatic carbocycles. The van der Waals surface area contributed by atoms with Crippen LogP contribution in [-0.4, -0.2) is 94.6 Å². The first-order valence-electron chi connectivity index (χ1n) is 9.89. The Morgan fingerprint density at radius 2 is 1.27 bits per heavy atom. The van der Waals surface area contributed by atoms with Crippen LogP contribution in [0.2, 0.25) is 0 Å². The van der Waals surface area contributed by atoms with E-state index in [1.165, 1.54) is 6.92 Å². The largest absolute Gasteiger partial charge is 0.481 e. The fourth-order valence-electron chi connectivity index (χ4n) is 1.96. The first-order valence-corrected chi connectivity index (χ1v) is 9.89. The SMILES string of the molecule is CC(=O)COCCOCCNC(=O)COCCOCCNC(=O)CCC(C)C(=O)O. The van der Waals surface area contributed by atoms with Gasteiger partial charge in [-0.3, -0.25) is 19.2 Å². The van der Waals surface area contributed by atoms with Crippen LogP contribution in [0, 0.1) is 5.92 Å². The molecule has 1 unspecified atom stereocenters. The Labute approximate surface area is 176 Å². The Hall–Kier alpha value is -2.08. The van der Waals surface area contributed by atoms with Gasteiger partial charge in [-0.1, -0.05) is 6.92 Å². The number of nitrogens with one attached hydrogen (secondary N) is 2. The van der Waals surface area contributed by atoms with Crippen LogP contribution in [0.5, 0.6) is 0 Å². The van der Waals surface area contributed by atoms with Gasteiger partial charge in [0.25, 0.3) is 0 Å². The van der Waals surface area contributed by atoms with Crippen molar-refractivity contribution < 1.29 is 43.2 Å². The number of ether oxygens (including phenoxy) is 4. The van der Waals surface area contributed by atoms with E-state index in [0.717, 1.165) is 0 Å². The second-order valence-electron chi connectivity index (χ2n) is 6.51. The van der Waals surface area contributed by atoms with E-state index < -0.39 is 11.9 Å². The third kappa shape index (κ3) is 19.2. The molecule has 0 bridgehead atoms. The Morgan fingerprint density at radius 3 is 1.80 bits per heavy atom. The molecule has 0 aliphatic carbocycles. The van der Waals surface area contributed by atoms with Crippen LogP contribution in [-0.2, 0) is 38.1 Å². The minimum absolute atomic E-state index is 0.0425. The summed E-state index contributed by atoms with van der Waals surface area (Å²) >= 11 is 0. The molecule has 0 aliphatic rings. The maximum atomic E-state index is 11.5. The first-order chi connectivity index (χ1) is 14.3. The highest BCUT2D eigenvalue weighted by Gasteiger charge is 2.12. The van der Waals surface area contributed by atoms with Crippen LogP contribution >= 0.6 is 0 Å². The Balaban J connectivity index is 3.36. The van der Waals surface area contributed by atoms with Crippen molar-refractivity contribution in [3.8, 4) is 0 Å². The zero-order valence-electron chi connectivity index (χ0n) is 17.8. The Kier molecular flexibility index (Phi) is 17.6. The van der Waals surface area contributed by atoms with Crippen molar-refractivity contribution in [1.82, 2.24) is 10.6 Å². The summed E-state index contributed by atoms with van der Waals surface area (Å²) in [6, 6.07) is 0. The lowest BCUT2D eigenvalue weighted by atomic mass is 10.1. The Bertz CT molecular complexity index is 514. The second kappa shape index (κ2) is 18.9. The van der Waals surface area contributed by atoms with E-state index in [-0.39, 0.29) is 50.4 Å². The summed E-state index contributed by atoms with van der Waals surface area (Å²) in [5.41, 5.74) is 0. The first kappa shape index (κ1) is 27.9. The summed E-state index contributed by atoms with van der Waals surface area (Å²) in [6.45, 7) is 5.46. The van der Waals surface area contributed by atoms with Gasteiger partial charge in [0.05, 0.1) is 45.6 Å². The molecule has 2 amide bonds. The van der Waals surface area contributed by atoms with E-state index in [1.807, 2.05) is 0 Å². The number of ketones is 1. The summed E-state index contributed by atoms with van der Waals surface area (Å²) in [5, 5.41) is 14.0. The summed E-state index contributed by atoms with van der Waals surface area (Å²) in [7, 11) is 0. The molecule has 0 aromatic rings. The highest BCUT2D eigenvalue weighted by Crippen LogP contribution is 2.04. The highest BCUT2D eigenvalue weighted by atomic mass is 16.5. The molecule has 174 valence electrons. The Morgan fingerprint density at radius 1 is 0.767 bits per heavy atom. The lowest BCUT2D eigenvalue weighted by Crippen LogP contribution is -2.31. The molecule has 0 radical (unpaired) electrons. The summed E-state index contributed by atoms with van der Waals surface area (Å²) < 4.78 is 20.7. The molecule has 0 saturated carbocycles. The molecule has 0 spiro atoms. The number of rotatable bonds is 20. The monoisotopic (exact) mass is 434 g/mol. The smallest absolute Gasteiger partial charge is 0.306 e. The van der Waals surface area contributed by atoms with Gasteiger partial charge in [-0.2, -0.15) is 0 Å². The molecule has 0 aromatic heterocycles. The molecule has 30 heavy (non-hydrogen) atoms. The fraction of sp³-hybridized carbons (Fsp3) is 0.789. The quantitative estimate of drug-likeness (QED) is 0.213. The van der Waals surface area contributed by atoms with Crippen molar-refractivity contribution in [2.24, 2.45) is 5.92 Å². The number of carboxylic acids is 1. The van der Waals surface area contributed by atoms with Gasteiger partial charge in [0.15, 0.2) is 5.78 Å². The van der Waals surface area contributed by atoms with Crippen LogP contribution in [0.15, 0.2) is 0 Å². The number of carboxylic acid groups (broad SMARTS) is 1. The average molecular weight is 434 g/mol. The molecule has 0 rings (SSSR count). The van der Waals surface area contributed by atoms with Crippen molar-refractivity contribution >= 4 is 23.6 Å². The van der Waals surface area contributed by atoms with Gasteiger partial charge in [-0.15, -0.1) is 0 Å². The van der Waals surface area contributed by atoms with Gasteiger partial charge in [0.1, 0.15) is 13.2 Å². The third-order valence-corrected chi connectivity index (χ3v) is 3.65. The predicted octanol–water partition coefficient (Wildman–Crippen LogP) is -0.625. The van der Waals surface area contributed by atoms with Crippen LogP contribution in [0.4, 0.5) is 0 Å². The zero-order chi connectivity index (χ0) is 22.6. The molecule has 11 nitrogen and oxygen atoms in total. The van der Waals surface area contributed by atoms with Gasteiger partial charge >= 0.3 is 5.97 Å². The molecular weight excluding hydrogens is 400 g/mol. The van der Waals surface area contributed by atoms with Crippen molar-refractivity contribution in [2.75, 3.05) is 65.9 Å². The van der Waals surface area contributed by atoms with E-state index >= 15 is 0 Å². The van der Waals surface area contributed by atoms with E-state index in [9.17, 15) is 19.2 Å². The molecule has 1 atom stereocenters. The number of hydrogen-bond acceptors (Lipinski definition) is 8. The average Bonchev–Trinajstić information content (AvgIpc) is 2.69. The number of Topliss-reactive ketones (excluding diaryl/α,β-unsaturated/α-hetero) is 1. The lowest BCUT2D eigenvalue weighted by Gasteiger charge is -2.09. The molecule has 11 heteroatoms. The predicted molar refractivity (Wildman–Crippen MR) is 106 cm³/mol. The molecule has 0 saturated heterocycles. The zero-order valence-corrected chi connectivity index (χ0v) is 17.8. The van der Waals surface area contributed by atoms with Crippen LogP contribution in [0.1, 0.15) is 26.7 Å². The van der Waals surface area contributed by atoms with Gasteiger partial charge < -0.3 is 34.7 Å². The standard InChI is InChI=1S/C19H34N2O9/c1-15(19(25)26)3-4-17(23)20-5-7-27-10-12-30-14-18(24)21-6-8-28-9-11-29-13-16(2)22/h15H,3-14H2,1-2H3,(H,20,23)(H,21,24)(H,25,26). The van der Waals surface area contributed by atoms with E-state index in [1.54, 1.807) is 6.92 Å². The van der Waals surface area contributed by atoms with Gasteiger partial charge in [0.2, 0.25) is 11.8 Å². The molecule has 0 aliphatic heterocycles. The molecular formula is C19H34N2O9. The van der Waals surface area contributed by atoms with Gasteiger partial charge in [0, 0.05) is 19.5 Å². The van der Waals surface area contributed by atoms with Crippen LogP contribution in [0.25, 0.3) is 0 Å². The molecule has 3 N–H and O–H groups in total. The van der Waals surface area contributed by atoms with Crippen molar-refractivity contribution in [3.63, 3.8) is 0 Å². The number of aliphatic carboxylic acids is 1. The van der Waals surface area contributed by atoms with Gasteiger partial charge in [-0.05, 0) is 13.3 Å². The van der Waals surface area contributed by atoms with Crippen molar-refractivity contribution in [1.29, 1.82) is 0 Å². The van der Waals surface area contributed by atoms with Crippen LogP contribution < -0.4 is 10.6 Å². The maximum absolute atomic E-state index is 11.5. The van der Waals surface area contributed by atoms with E-state index in [0.29, 0.717) is 45.9 Å². The molecule has 0 heterocycles. The summed E-state index contributed by atoms with van der Waals surface area (Å²) in [6.07, 6.45) is 0.448. The number of hydrogen-bond donors (Lipinski definition) is 3. The summed E-state index contributed by atoms with van der Waals surface area (Å²) in [5.74, 6) is -1.99. The third-order valence-electron chi connectivity index (χ3n) is 3.65. The van der Waals surface area contributed by atoms with E-state index in [2.05, 4.69) is 10.6 Å². The normalized spacial score (nSPS) is 11.7. The van der Waals surface area contributed by atoms with E-state index in [4.69, 9.17) is 24.1 Å². The second-order valence-corrected chi connectivity index (χ2v) is 6.51. The minimum atomic E-state index is -0.916. The topological polar surface area (TPSA) is 149 Å². The highest BCUT2D eigenvalue weighted by molar-refractivity contribution is 5.77. The molecule has 0 fully saturated rings. The van der Waals surface area contributed by atoms with Crippen LogP contribution in [0.3, 0.4) is 0 Å². The number of carbonyl (C=O) groups is 4. The summed E-state index contributed by atoms with van der Waals surface area (Å²) in [4.78, 5) is 44.4. The fourth-order valence-corrected chi connectivity index (χ4v) is 1.96. The maximum Gasteiger partial charge on any atom is 0.306 e. The van der Waals surface area contributed by atoms with Crippen molar-refractivity contribution in [2.45, 2.75) is 26.7 Å². The number of carbonyl (C=O) groups excluding carboxylic acids is 3. The minimum Gasteiger partial charge on any atom is -0.481 e. The number of amides is 2. The van der Waals surface area contributed by atoms with Gasteiger partial charge in [-0.25, -0.2) is 0 Å². The van der Waals surface area contributed by atoms with Crippen molar-refractivity contribution in [3.05, 3.63) is 0 Å². The lowest BCUT2D eigenvalue weighted by molar-refractivity contribution is -0.141.